The molecule has 6 heteroatoms. The zero-order chi connectivity index (χ0) is 6.08. The molecule has 0 unspecified atom stereocenters. The molecular formula is C2HBr3HgO2. The van der Waals surface area contributed by atoms with E-state index in [1.807, 2.05) is 0 Å². The second kappa shape index (κ2) is 4.63. The van der Waals surface area contributed by atoms with Gasteiger partial charge in [0.05, 0.1) is 0 Å². The van der Waals surface area contributed by atoms with Gasteiger partial charge in [0, 0.05) is 27.7 Å². The first kappa shape index (κ1) is 12.5. The van der Waals surface area contributed by atoms with Crippen LogP contribution in [0.1, 0.15) is 0 Å². The average Bonchev–Trinajstić information content (AvgIpc) is 1.31. The molecule has 44 valence electrons. The first-order valence-electron chi connectivity index (χ1n) is 1.24. The summed E-state index contributed by atoms with van der Waals surface area (Å²) in [5.74, 6) is -1.01. The van der Waals surface area contributed by atoms with Crippen molar-refractivity contribution in [2.75, 3.05) is 0 Å². The zero-order valence-electron chi connectivity index (χ0n) is 3.70. The number of carboxylic acid groups (broad SMARTS) is 1. The maximum atomic E-state index is 9.88. The van der Waals surface area contributed by atoms with Gasteiger partial charge in [0.15, 0.2) is 0 Å². The van der Waals surface area contributed by atoms with Gasteiger partial charge in [-0.05, 0) is 47.8 Å². The van der Waals surface area contributed by atoms with Crippen LogP contribution in [0.15, 0.2) is 0 Å². The van der Waals surface area contributed by atoms with E-state index in [1.54, 1.807) is 0 Å². The Labute approximate surface area is 92.3 Å². The quantitative estimate of drug-likeness (QED) is 0.411. The molecule has 0 aromatic carbocycles. The molecule has 0 aliphatic carbocycles. The molecule has 0 aromatic heterocycles. The van der Waals surface area contributed by atoms with Gasteiger partial charge in [-0.1, -0.05) is 0 Å². The van der Waals surface area contributed by atoms with Crippen LogP contribution in [-0.2, 0) is 32.5 Å². The molecule has 0 rings (SSSR count). The number of carbonyl (C=O) groups is 1. The van der Waals surface area contributed by atoms with Gasteiger partial charge in [-0.15, -0.1) is 0 Å². The van der Waals surface area contributed by atoms with Crippen molar-refractivity contribution in [3.8, 4) is 0 Å². The maximum absolute atomic E-state index is 9.88. The SMILES string of the molecule is O=C(O)C(Br)(Br)Br.[Hg]. The van der Waals surface area contributed by atoms with Crippen LogP contribution in [-0.4, -0.2) is 13.2 Å². The second-order valence-corrected chi connectivity index (χ2v) is 7.56. The van der Waals surface area contributed by atoms with Gasteiger partial charge in [-0.25, -0.2) is 4.79 Å². The van der Waals surface area contributed by atoms with Crippen LogP contribution in [0.3, 0.4) is 0 Å². The number of aliphatic carboxylic acids is 1. The molecule has 8 heavy (non-hydrogen) atoms. The molecule has 0 atom stereocenters. The molecular weight excluding hydrogens is 496 g/mol. The number of halogens is 3. The summed E-state index contributed by atoms with van der Waals surface area (Å²) in [4.78, 5) is 9.88. The van der Waals surface area contributed by atoms with Crippen molar-refractivity contribution in [2.24, 2.45) is 0 Å². The Bertz CT molecular complexity index is 87.8. The standard InChI is InChI=1S/C2HBr3O2.Hg/c3-2(4,5)1(6)7;/h(H,6,7);. The van der Waals surface area contributed by atoms with E-state index in [-0.39, 0.29) is 27.7 Å². The molecule has 0 aliphatic rings. The minimum absolute atomic E-state index is 0. The van der Waals surface area contributed by atoms with Crippen LogP contribution in [0.5, 0.6) is 0 Å². The van der Waals surface area contributed by atoms with Gasteiger partial charge in [0.2, 0.25) is 2.14 Å². The number of rotatable bonds is 0. The number of alkyl halides is 3. The van der Waals surface area contributed by atoms with E-state index in [2.05, 4.69) is 47.8 Å². The first-order chi connectivity index (χ1) is 2.94. The molecule has 0 aliphatic heterocycles. The van der Waals surface area contributed by atoms with Crippen LogP contribution in [0.25, 0.3) is 0 Å². The van der Waals surface area contributed by atoms with E-state index in [1.165, 1.54) is 0 Å². The van der Waals surface area contributed by atoms with Gasteiger partial charge in [-0.3, -0.25) is 0 Å². The summed E-state index contributed by atoms with van der Waals surface area (Å²) in [7, 11) is 0. The van der Waals surface area contributed by atoms with Crippen molar-refractivity contribution in [1.29, 1.82) is 0 Å². The maximum Gasteiger partial charge on any atom is 0.342 e. The van der Waals surface area contributed by atoms with E-state index in [4.69, 9.17) is 5.11 Å². The van der Waals surface area contributed by atoms with Crippen molar-refractivity contribution in [3.63, 3.8) is 0 Å². The van der Waals surface area contributed by atoms with Crippen LogP contribution in [0.2, 0.25) is 0 Å². The van der Waals surface area contributed by atoms with Crippen LogP contribution in [0.4, 0.5) is 0 Å². The molecule has 0 aromatic rings. The third-order valence-electron chi connectivity index (χ3n) is 0.243. The average molecular weight is 497 g/mol. The van der Waals surface area contributed by atoms with E-state index in [9.17, 15) is 4.79 Å². The fourth-order valence-corrected chi connectivity index (χ4v) is 0. The van der Waals surface area contributed by atoms with Gasteiger partial charge in [0.25, 0.3) is 0 Å². The molecule has 0 amide bonds. The molecule has 2 nitrogen and oxygen atoms in total. The van der Waals surface area contributed by atoms with Crippen molar-refractivity contribution < 1.29 is 37.6 Å². The fourth-order valence-electron chi connectivity index (χ4n) is 0. The van der Waals surface area contributed by atoms with Crippen molar-refractivity contribution in [2.45, 2.75) is 2.14 Å². The van der Waals surface area contributed by atoms with E-state index < -0.39 is 8.11 Å². The van der Waals surface area contributed by atoms with E-state index >= 15 is 0 Å². The summed E-state index contributed by atoms with van der Waals surface area (Å²) in [6, 6.07) is 0. The number of hydrogen-bond acceptors (Lipinski definition) is 1. The Morgan fingerprint density at radius 3 is 1.50 bits per heavy atom. The predicted molar refractivity (Wildman–Crippen MR) is 37.1 cm³/mol. The summed E-state index contributed by atoms with van der Waals surface area (Å²) < 4.78 is -1.15. The summed E-state index contributed by atoms with van der Waals surface area (Å²) in [6.45, 7) is 0. The second-order valence-electron chi connectivity index (χ2n) is 0.803. The smallest absolute Gasteiger partial charge is 0.342 e. The minimum Gasteiger partial charge on any atom is -0.479 e. The molecule has 0 spiro atoms. The molecule has 0 saturated heterocycles. The van der Waals surface area contributed by atoms with Gasteiger partial charge < -0.3 is 5.11 Å². The monoisotopic (exact) mass is 496 g/mol. The van der Waals surface area contributed by atoms with E-state index in [0.717, 1.165) is 0 Å². The number of carboxylic acids is 1. The van der Waals surface area contributed by atoms with Crippen LogP contribution >= 0.6 is 47.8 Å². The van der Waals surface area contributed by atoms with Crippen molar-refractivity contribution >= 4 is 53.8 Å². The summed E-state index contributed by atoms with van der Waals surface area (Å²) >= 11 is 8.33. The summed E-state index contributed by atoms with van der Waals surface area (Å²) in [5, 5.41) is 8.11. The van der Waals surface area contributed by atoms with Gasteiger partial charge in [0.1, 0.15) is 0 Å². The topological polar surface area (TPSA) is 37.3 Å². The third kappa shape index (κ3) is 5.97. The predicted octanol–water partition coefficient (Wildman–Crippen LogP) is 1.91. The minimum atomic E-state index is -1.15. The summed E-state index contributed by atoms with van der Waals surface area (Å²) in [6.07, 6.45) is 0. The molecule has 0 fully saturated rings. The van der Waals surface area contributed by atoms with Crippen LogP contribution in [0, 0.1) is 0 Å². The molecule has 1 N–H and O–H groups in total. The van der Waals surface area contributed by atoms with Crippen molar-refractivity contribution in [1.82, 2.24) is 0 Å². The van der Waals surface area contributed by atoms with Crippen LogP contribution < -0.4 is 0 Å². The Hall–Kier alpha value is 1.85. The Kier molecular flexibility index (Phi) is 7.24. The molecule has 0 saturated carbocycles. The Morgan fingerprint density at radius 2 is 1.50 bits per heavy atom. The largest absolute Gasteiger partial charge is 0.479 e. The Balaban J connectivity index is 0. The Morgan fingerprint density at radius 1 is 1.38 bits per heavy atom. The fraction of sp³-hybridized carbons (Fsp3) is 0.500. The number of hydrogen-bond donors (Lipinski definition) is 1. The molecule has 0 bridgehead atoms. The molecule has 0 heterocycles. The van der Waals surface area contributed by atoms with E-state index in [0.29, 0.717) is 0 Å². The van der Waals surface area contributed by atoms with Gasteiger partial charge in [-0.2, -0.15) is 0 Å². The normalized spacial score (nSPS) is 9.88. The van der Waals surface area contributed by atoms with Crippen molar-refractivity contribution in [3.05, 3.63) is 0 Å². The van der Waals surface area contributed by atoms with Gasteiger partial charge >= 0.3 is 5.97 Å². The third-order valence-corrected chi connectivity index (χ3v) is 1.26. The zero-order valence-corrected chi connectivity index (χ0v) is 14.0. The molecule has 0 radical (unpaired) electrons. The summed E-state index contributed by atoms with van der Waals surface area (Å²) in [5.41, 5.74) is 0. The first-order valence-corrected chi connectivity index (χ1v) is 3.62.